The first-order chi connectivity index (χ1) is 15.9. The lowest BCUT2D eigenvalue weighted by Crippen LogP contribution is -2.48. The monoisotopic (exact) mass is 458 g/mol. The molecular formula is C23H34N6O4. The number of amides is 3. The normalized spacial score (nSPS) is 20.8. The Morgan fingerprint density at radius 2 is 2.12 bits per heavy atom. The number of para-hydroxylation sites is 1. The minimum absolute atomic E-state index is 0.0167. The molecule has 10 heteroatoms. The highest BCUT2D eigenvalue weighted by molar-refractivity contribution is 5.89. The van der Waals surface area contributed by atoms with E-state index in [4.69, 9.17) is 4.74 Å². The lowest BCUT2D eigenvalue weighted by molar-refractivity contribution is -0.136. The first kappa shape index (κ1) is 24.7. The molecule has 10 nitrogen and oxygen atoms in total. The fourth-order valence-corrected chi connectivity index (χ4v) is 3.79. The highest BCUT2D eigenvalue weighted by Crippen LogP contribution is 2.18. The van der Waals surface area contributed by atoms with Crippen molar-refractivity contribution in [1.82, 2.24) is 24.8 Å². The number of aryl methyl sites for hydroxylation is 1. The van der Waals surface area contributed by atoms with Crippen LogP contribution in [0.4, 0.5) is 10.5 Å². The highest BCUT2D eigenvalue weighted by atomic mass is 16.5. The van der Waals surface area contributed by atoms with Gasteiger partial charge in [-0.25, -0.2) is 4.79 Å². The number of rotatable bonds is 5. The fourth-order valence-electron chi connectivity index (χ4n) is 3.79. The Labute approximate surface area is 194 Å². The number of aliphatic hydroxyl groups excluding tert-OH is 1. The number of nitrogens with one attached hydrogen (secondary N) is 1. The number of aromatic nitrogens is 3. The Kier molecular flexibility index (Phi) is 8.79. The predicted molar refractivity (Wildman–Crippen MR) is 123 cm³/mol. The number of carbonyl (C=O) groups excluding carboxylic acids is 2. The summed E-state index contributed by atoms with van der Waals surface area (Å²) in [7, 11) is 1.71. The number of urea groups is 1. The third-order valence-corrected chi connectivity index (χ3v) is 5.87. The lowest BCUT2D eigenvalue weighted by atomic mass is 10.0. The molecule has 2 heterocycles. The van der Waals surface area contributed by atoms with Gasteiger partial charge in [-0.05, 0) is 25.5 Å². The first-order valence-electron chi connectivity index (χ1n) is 11.4. The number of fused-ring (bicyclic) bond motifs is 2. The number of nitrogens with zero attached hydrogens (tertiary/aromatic N) is 5. The fraction of sp³-hybridized carbons (Fsp3) is 0.565. The number of benzene rings is 1. The standard InChI is InChI=1S/C23H34N6O4/c1-17-12-29(18(2)15-30)22(31)10-7-11-28-13-20(25-26-28)16-33-21(17)14-27(3)23(32)24-19-8-5-4-6-9-19/h4-6,8-9,13,17-18,21,30H,7,10-12,14-16H2,1-3H3,(H,24,32)/t17-,18+,21+/m0/s1. The van der Waals surface area contributed by atoms with Gasteiger partial charge in [0.05, 0.1) is 31.6 Å². The van der Waals surface area contributed by atoms with Gasteiger partial charge in [-0.1, -0.05) is 30.3 Å². The summed E-state index contributed by atoms with van der Waals surface area (Å²) in [5.41, 5.74) is 1.41. The van der Waals surface area contributed by atoms with Gasteiger partial charge in [-0.2, -0.15) is 0 Å². The lowest BCUT2D eigenvalue weighted by Gasteiger charge is -2.35. The molecule has 0 fully saturated rings. The van der Waals surface area contributed by atoms with Gasteiger partial charge in [0.25, 0.3) is 0 Å². The summed E-state index contributed by atoms with van der Waals surface area (Å²) in [6, 6.07) is 8.71. The van der Waals surface area contributed by atoms with Crippen molar-refractivity contribution >= 4 is 17.6 Å². The van der Waals surface area contributed by atoms with Crippen molar-refractivity contribution < 1.29 is 19.4 Å². The molecule has 3 atom stereocenters. The second kappa shape index (κ2) is 11.8. The molecule has 33 heavy (non-hydrogen) atoms. The summed E-state index contributed by atoms with van der Waals surface area (Å²) in [6.07, 6.45) is 2.46. The van der Waals surface area contributed by atoms with Gasteiger partial charge in [-0.3, -0.25) is 9.48 Å². The molecule has 1 aliphatic rings. The van der Waals surface area contributed by atoms with E-state index >= 15 is 0 Å². The molecule has 0 spiro atoms. The van der Waals surface area contributed by atoms with E-state index in [0.717, 1.165) is 0 Å². The number of hydrogen-bond acceptors (Lipinski definition) is 6. The van der Waals surface area contributed by atoms with Crippen molar-refractivity contribution in [2.75, 3.05) is 32.1 Å². The van der Waals surface area contributed by atoms with Crippen LogP contribution in [0.1, 0.15) is 32.4 Å². The van der Waals surface area contributed by atoms with Crippen molar-refractivity contribution in [3.05, 3.63) is 42.2 Å². The van der Waals surface area contributed by atoms with Crippen LogP contribution in [0.5, 0.6) is 0 Å². The Morgan fingerprint density at radius 1 is 1.36 bits per heavy atom. The average molecular weight is 459 g/mol. The molecule has 1 aromatic heterocycles. The number of hydrogen-bond donors (Lipinski definition) is 2. The van der Waals surface area contributed by atoms with Crippen LogP contribution in [-0.2, 0) is 22.7 Å². The first-order valence-corrected chi connectivity index (χ1v) is 11.4. The maximum Gasteiger partial charge on any atom is 0.321 e. The van der Waals surface area contributed by atoms with Crippen molar-refractivity contribution in [2.45, 2.75) is 52.0 Å². The molecule has 0 saturated heterocycles. The van der Waals surface area contributed by atoms with Gasteiger partial charge in [0.15, 0.2) is 0 Å². The maximum absolute atomic E-state index is 12.9. The molecule has 1 aliphatic heterocycles. The maximum atomic E-state index is 12.9. The van der Waals surface area contributed by atoms with E-state index < -0.39 is 0 Å². The van der Waals surface area contributed by atoms with Gasteiger partial charge in [0.2, 0.25) is 5.91 Å². The summed E-state index contributed by atoms with van der Waals surface area (Å²) >= 11 is 0. The number of likely N-dealkylation sites (N-methyl/N-ethyl adjacent to an activating group) is 1. The molecule has 0 unspecified atom stereocenters. The van der Waals surface area contributed by atoms with Crippen LogP contribution in [0.3, 0.4) is 0 Å². The minimum atomic E-state index is -0.358. The van der Waals surface area contributed by atoms with Gasteiger partial charge < -0.3 is 25.0 Å². The van der Waals surface area contributed by atoms with Crippen LogP contribution >= 0.6 is 0 Å². The van der Waals surface area contributed by atoms with Crippen LogP contribution in [-0.4, -0.2) is 80.7 Å². The summed E-state index contributed by atoms with van der Waals surface area (Å²) < 4.78 is 7.91. The molecule has 3 amide bonds. The van der Waals surface area contributed by atoms with Crippen molar-refractivity contribution in [3.8, 4) is 0 Å². The van der Waals surface area contributed by atoms with E-state index in [2.05, 4.69) is 15.6 Å². The molecule has 0 saturated carbocycles. The van der Waals surface area contributed by atoms with Crippen molar-refractivity contribution in [3.63, 3.8) is 0 Å². The van der Waals surface area contributed by atoms with Crippen LogP contribution in [0.15, 0.2) is 36.5 Å². The molecular weight excluding hydrogens is 424 g/mol. The number of ether oxygens (including phenoxy) is 1. The smallest absolute Gasteiger partial charge is 0.321 e. The minimum Gasteiger partial charge on any atom is -0.394 e. The van der Waals surface area contributed by atoms with E-state index in [-0.39, 0.29) is 43.2 Å². The van der Waals surface area contributed by atoms with E-state index in [1.54, 1.807) is 21.5 Å². The van der Waals surface area contributed by atoms with Gasteiger partial charge >= 0.3 is 6.03 Å². The van der Waals surface area contributed by atoms with Crippen molar-refractivity contribution in [1.29, 1.82) is 0 Å². The molecule has 180 valence electrons. The highest BCUT2D eigenvalue weighted by Gasteiger charge is 2.28. The molecule has 0 aliphatic carbocycles. The van der Waals surface area contributed by atoms with Gasteiger partial charge in [0, 0.05) is 44.7 Å². The van der Waals surface area contributed by atoms with Crippen LogP contribution in [0, 0.1) is 5.92 Å². The van der Waals surface area contributed by atoms with Crippen LogP contribution in [0.2, 0.25) is 0 Å². The zero-order chi connectivity index (χ0) is 23.8. The molecule has 2 N–H and O–H groups in total. The third-order valence-electron chi connectivity index (χ3n) is 5.87. The number of anilines is 1. The SMILES string of the molecule is C[C@H](CO)N1C[C@H](C)[C@@H](CN(C)C(=O)Nc2ccccc2)OCc2cn(nn2)CCCC1=O. The topological polar surface area (TPSA) is 113 Å². The predicted octanol–water partition coefficient (Wildman–Crippen LogP) is 1.97. The van der Waals surface area contributed by atoms with Gasteiger partial charge in [0.1, 0.15) is 5.69 Å². The molecule has 1 aromatic carbocycles. The van der Waals surface area contributed by atoms with Crippen molar-refractivity contribution in [2.24, 2.45) is 5.92 Å². The van der Waals surface area contributed by atoms with E-state index in [9.17, 15) is 14.7 Å². The quantitative estimate of drug-likeness (QED) is 0.708. The third kappa shape index (κ3) is 7.00. The average Bonchev–Trinajstić information content (AvgIpc) is 3.27. The summed E-state index contributed by atoms with van der Waals surface area (Å²) in [5.74, 6) is -0.109. The van der Waals surface area contributed by atoms with Crippen LogP contribution in [0.25, 0.3) is 0 Å². The Hall–Kier alpha value is -2.98. The summed E-state index contributed by atoms with van der Waals surface area (Å²) in [6.45, 7) is 5.30. The zero-order valence-corrected chi connectivity index (χ0v) is 19.6. The van der Waals surface area contributed by atoms with E-state index in [1.807, 2.05) is 50.4 Å². The molecule has 0 radical (unpaired) electrons. The van der Waals surface area contributed by atoms with Gasteiger partial charge in [-0.15, -0.1) is 5.10 Å². The Balaban J connectivity index is 1.75. The molecule has 2 aromatic rings. The second-order valence-electron chi connectivity index (χ2n) is 8.66. The zero-order valence-electron chi connectivity index (χ0n) is 19.6. The molecule has 2 bridgehead atoms. The number of carbonyl (C=O) groups is 2. The number of aliphatic hydroxyl groups is 1. The Bertz CT molecular complexity index is 905. The van der Waals surface area contributed by atoms with E-state index in [1.165, 1.54) is 0 Å². The second-order valence-corrected chi connectivity index (χ2v) is 8.66. The molecule has 3 rings (SSSR count). The summed E-state index contributed by atoms with van der Waals surface area (Å²) in [4.78, 5) is 28.9. The Morgan fingerprint density at radius 3 is 2.85 bits per heavy atom. The largest absolute Gasteiger partial charge is 0.394 e. The summed E-state index contributed by atoms with van der Waals surface area (Å²) in [5, 5.41) is 20.8. The van der Waals surface area contributed by atoms with E-state index in [0.29, 0.717) is 43.9 Å². The van der Waals surface area contributed by atoms with Crippen LogP contribution < -0.4 is 5.32 Å².